The van der Waals surface area contributed by atoms with E-state index in [-0.39, 0.29) is 11.5 Å². The first-order valence-corrected chi connectivity index (χ1v) is 10.5. The molecule has 0 atom stereocenters. The SMILES string of the molecule is CCCCN(CC)c1ccc(C(=O)Nc2ccc(Cn3ccccc3=O)cc2)cc1. The summed E-state index contributed by atoms with van der Waals surface area (Å²) in [6.45, 7) is 6.82. The van der Waals surface area contributed by atoms with Crippen molar-refractivity contribution in [2.75, 3.05) is 23.3 Å². The van der Waals surface area contributed by atoms with E-state index in [4.69, 9.17) is 0 Å². The molecule has 30 heavy (non-hydrogen) atoms. The van der Waals surface area contributed by atoms with Crippen LogP contribution in [0.15, 0.2) is 77.7 Å². The Morgan fingerprint density at radius 2 is 1.70 bits per heavy atom. The average Bonchev–Trinajstić information content (AvgIpc) is 2.77. The van der Waals surface area contributed by atoms with Crippen LogP contribution in [-0.4, -0.2) is 23.6 Å². The maximum absolute atomic E-state index is 12.6. The molecule has 2 aromatic carbocycles. The van der Waals surface area contributed by atoms with Gasteiger partial charge in [-0.05, 0) is 61.4 Å². The number of aromatic nitrogens is 1. The van der Waals surface area contributed by atoms with Crippen LogP contribution in [-0.2, 0) is 6.54 Å². The third kappa shape index (κ3) is 5.60. The molecule has 3 rings (SSSR count). The zero-order chi connectivity index (χ0) is 21.3. The number of carbonyl (C=O) groups is 1. The van der Waals surface area contributed by atoms with Crippen LogP contribution in [0.2, 0.25) is 0 Å². The maximum atomic E-state index is 12.6. The number of anilines is 2. The highest BCUT2D eigenvalue weighted by atomic mass is 16.1. The quantitative estimate of drug-likeness (QED) is 0.560. The Bertz CT molecular complexity index is 1010. The van der Waals surface area contributed by atoms with E-state index in [1.165, 1.54) is 0 Å². The standard InChI is InChI=1S/C25H29N3O2/c1-3-5-17-27(4-2)23-15-11-21(12-16-23)25(30)26-22-13-9-20(10-14-22)19-28-18-7-6-8-24(28)29/h6-16,18H,3-5,17,19H2,1-2H3,(H,26,30). The largest absolute Gasteiger partial charge is 0.372 e. The third-order valence-corrected chi connectivity index (χ3v) is 5.12. The van der Waals surface area contributed by atoms with Crippen molar-refractivity contribution in [3.8, 4) is 0 Å². The molecule has 156 valence electrons. The molecule has 5 nitrogen and oxygen atoms in total. The predicted molar refractivity (Wildman–Crippen MR) is 123 cm³/mol. The monoisotopic (exact) mass is 403 g/mol. The number of unbranched alkanes of at least 4 members (excludes halogenated alkanes) is 1. The number of benzene rings is 2. The van der Waals surface area contributed by atoms with E-state index < -0.39 is 0 Å². The van der Waals surface area contributed by atoms with Gasteiger partial charge in [0.25, 0.3) is 11.5 Å². The van der Waals surface area contributed by atoms with E-state index >= 15 is 0 Å². The van der Waals surface area contributed by atoms with Gasteiger partial charge in [-0.3, -0.25) is 9.59 Å². The van der Waals surface area contributed by atoms with Crippen molar-refractivity contribution < 1.29 is 4.79 Å². The smallest absolute Gasteiger partial charge is 0.255 e. The second-order valence-corrected chi connectivity index (χ2v) is 7.30. The van der Waals surface area contributed by atoms with E-state index in [2.05, 4.69) is 24.1 Å². The molecule has 1 amide bonds. The van der Waals surface area contributed by atoms with Crippen LogP contribution in [0.4, 0.5) is 11.4 Å². The summed E-state index contributed by atoms with van der Waals surface area (Å²) in [5, 5.41) is 2.94. The van der Waals surface area contributed by atoms with Gasteiger partial charge >= 0.3 is 0 Å². The molecule has 0 saturated heterocycles. The topological polar surface area (TPSA) is 54.3 Å². The lowest BCUT2D eigenvalue weighted by atomic mass is 10.1. The van der Waals surface area contributed by atoms with Crippen LogP contribution < -0.4 is 15.8 Å². The molecular formula is C25H29N3O2. The summed E-state index contributed by atoms with van der Waals surface area (Å²) in [5.74, 6) is -0.134. The van der Waals surface area contributed by atoms with Gasteiger partial charge in [0.05, 0.1) is 6.54 Å². The highest BCUT2D eigenvalue weighted by molar-refractivity contribution is 6.04. The Morgan fingerprint density at radius 3 is 2.33 bits per heavy atom. The van der Waals surface area contributed by atoms with Crippen molar-refractivity contribution in [3.63, 3.8) is 0 Å². The number of pyridine rings is 1. The summed E-state index contributed by atoms with van der Waals surface area (Å²) in [4.78, 5) is 26.7. The first-order chi connectivity index (χ1) is 14.6. The number of amides is 1. The molecule has 3 aromatic rings. The maximum Gasteiger partial charge on any atom is 0.255 e. The van der Waals surface area contributed by atoms with Gasteiger partial charge in [-0.1, -0.05) is 31.5 Å². The van der Waals surface area contributed by atoms with Crippen LogP contribution in [0.25, 0.3) is 0 Å². The molecular weight excluding hydrogens is 374 g/mol. The summed E-state index contributed by atoms with van der Waals surface area (Å²) in [5.41, 5.74) is 3.46. The Hall–Kier alpha value is -3.34. The van der Waals surface area contributed by atoms with Crippen molar-refractivity contribution in [1.29, 1.82) is 0 Å². The normalized spacial score (nSPS) is 10.6. The van der Waals surface area contributed by atoms with Crippen molar-refractivity contribution in [2.24, 2.45) is 0 Å². The van der Waals surface area contributed by atoms with E-state index in [1.807, 2.05) is 54.6 Å². The minimum Gasteiger partial charge on any atom is -0.372 e. The minimum absolute atomic E-state index is 0.0327. The Kier molecular flexibility index (Phi) is 7.44. The number of rotatable bonds is 9. The highest BCUT2D eigenvalue weighted by Gasteiger charge is 2.09. The molecule has 1 heterocycles. The van der Waals surface area contributed by atoms with Crippen molar-refractivity contribution in [2.45, 2.75) is 33.2 Å². The first-order valence-electron chi connectivity index (χ1n) is 10.5. The lowest BCUT2D eigenvalue weighted by Crippen LogP contribution is -2.23. The van der Waals surface area contributed by atoms with Crippen LogP contribution in [0.3, 0.4) is 0 Å². The van der Waals surface area contributed by atoms with Crippen molar-refractivity contribution in [1.82, 2.24) is 4.57 Å². The van der Waals surface area contributed by atoms with E-state index in [0.717, 1.165) is 42.9 Å². The molecule has 0 aliphatic rings. The molecule has 0 radical (unpaired) electrons. The molecule has 0 saturated carbocycles. The van der Waals surface area contributed by atoms with Gasteiger partial charge in [0.2, 0.25) is 0 Å². The van der Waals surface area contributed by atoms with Crippen LogP contribution >= 0.6 is 0 Å². The predicted octanol–water partition coefficient (Wildman–Crippen LogP) is 4.78. The van der Waals surface area contributed by atoms with Crippen molar-refractivity contribution >= 4 is 17.3 Å². The number of carbonyl (C=O) groups excluding carboxylic acids is 1. The molecule has 5 heteroatoms. The van der Waals surface area contributed by atoms with Gasteiger partial charge < -0.3 is 14.8 Å². The Morgan fingerprint density at radius 1 is 0.967 bits per heavy atom. The molecule has 0 spiro atoms. The minimum atomic E-state index is -0.134. The van der Waals surface area contributed by atoms with Gasteiger partial charge in [0.15, 0.2) is 0 Å². The number of nitrogens with one attached hydrogen (secondary N) is 1. The fourth-order valence-corrected chi connectivity index (χ4v) is 3.33. The van der Waals surface area contributed by atoms with Crippen LogP contribution in [0, 0.1) is 0 Å². The molecule has 0 unspecified atom stereocenters. The number of nitrogens with zero attached hydrogens (tertiary/aromatic N) is 2. The van der Waals surface area contributed by atoms with Gasteiger partial charge in [-0.15, -0.1) is 0 Å². The second kappa shape index (κ2) is 10.4. The Balaban J connectivity index is 1.61. The Labute approximate surface area is 178 Å². The van der Waals surface area contributed by atoms with Crippen LogP contribution in [0.5, 0.6) is 0 Å². The number of hydrogen-bond donors (Lipinski definition) is 1. The second-order valence-electron chi connectivity index (χ2n) is 7.30. The molecule has 0 bridgehead atoms. The highest BCUT2D eigenvalue weighted by Crippen LogP contribution is 2.17. The summed E-state index contributed by atoms with van der Waals surface area (Å²) in [6, 6.07) is 20.4. The molecule has 1 aromatic heterocycles. The van der Waals surface area contributed by atoms with Crippen molar-refractivity contribution in [3.05, 3.63) is 94.4 Å². The molecule has 0 fully saturated rings. The summed E-state index contributed by atoms with van der Waals surface area (Å²) in [6.07, 6.45) is 4.09. The summed E-state index contributed by atoms with van der Waals surface area (Å²) in [7, 11) is 0. The lowest BCUT2D eigenvalue weighted by molar-refractivity contribution is 0.102. The lowest BCUT2D eigenvalue weighted by Gasteiger charge is -2.23. The van der Waals surface area contributed by atoms with Gasteiger partial charge in [0, 0.05) is 42.3 Å². The van der Waals surface area contributed by atoms with E-state index in [1.54, 1.807) is 22.9 Å². The van der Waals surface area contributed by atoms with Gasteiger partial charge in [-0.2, -0.15) is 0 Å². The van der Waals surface area contributed by atoms with E-state index in [0.29, 0.717) is 12.1 Å². The molecule has 0 aliphatic heterocycles. The zero-order valence-corrected chi connectivity index (χ0v) is 17.7. The average molecular weight is 404 g/mol. The molecule has 1 N–H and O–H groups in total. The molecule has 0 aliphatic carbocycles. The zero-order valence-electron chi connectivity index (χ0n) is 17.7. The fraction of sp³-hybridized carbons (Fsp3) is 0.280. The van der Waals surface area contributed by atoms with Gasteiger partial charge in [-0.25, -0.2) is 0 Å². The summed E-state index contributed by atoms with van der Waals surface area (Å²) < 4.78 is 1.65. The third-order valence-electron chi connectivity index (χ3n) is 5.12. The van der Waals surface area contributed by atoms with E-state index in [9.17, 15) is 9.59 Å². The number of hydrogen-bond acceptors (Lipinski definition) is 3. The first kappa shape index (κ1) is 21.4. The summed E-state index contributed by atoms with van der Waals surface area (Å²) >= 11 is 0. The van der Waals surface area contributed by atoms with Gasteiger partial charge in [0.1, 0.15) is 0 Å². The fourth-order valence-electron chi connectivity index (χ4n) is 3.33. The van der Waals surface area contributed by atoms with Crippen LogP contribution in [0.1, 0.15) is 42.6 Å².